The molecule has 0 heterocycles. The molecule has 1 amide bonds. The van der Waals surface area contributed by atoms with E-state index in [-0.39, 0.29) is 10.7 Å². The average Bonchev–Trinajstić information content (AvgIpc) is 2.54. The standard InChI is InChI=1S/C16H13ClN2O4S/c1-23-13-6-5-10(15(21)22)8-12(13)18-16(24)19-14(20)9-3-2-4-11(17)7-9/h2-8H,1H3,(H,21,22)(H2,18,19,20,24). The van der Waals surface area contributed by atoms with Gasteiger partial charge in [-0.1, -0.05) is 17.7 Å². The van der Waals surface area contributed by atoms with Gasteiger partial charge in [-0.3, -0.25) is 10.1 Å². The number of thiocarbonyl (C=S) groups is 1. The number of anilines is 1. The Morgan fingerprint density at radius 2 is 1.92 bits per heavy atom. The molecule has 3 N–H and O–H groups in total. The number of carboxylic acid groups (broad SMARTS) is 1. The molecule has 0 aliphatic rings. The molecule has 0 saturated carbocycles. The first kappa shape index (κ1) is 17.7. The third kappa shape index (κ3) is 4.43. The van der Waals surface area contributed by atoms with Crippen molar-refractivity contribution in [3.05, 3.63) is 58.6 Å². The van der Waals surface area contributed by atoms with Crippen LogP contribution in [0, 0.1) is 0 Å². The molecule has 0 aliphatic heterocycles. The fraction of sp³-hybridized carbons (Fsp3) is 0.0625. The third-order valence-corrected chi connectivity index (χ3v) is 3.45. The second kappa shape index (κ2) is 7.76. The Hall–Kier alpha value is -2.64. The van der Waals surface area contributed by atoms with Crippen LogP contribution in [0.3, 0.4) is 0 Å². The van der Waals surface area contributed by atoms with E-state index in [1.165, 1.54) is 31.4 Å². The van der Waals surface area contributed by atoms with Crippen LogP contribution in [0.4, 0.5) is 5.69 Å². The summed E-state index contributed by atoms with van der Waals surface area (Å²) in [5.41, 5.74) is 0.731. The molecule has 0 spiro atoms. The van der Waals surface area contributed by atoms with Crippen LogP contribution in [0.15, 0.2) is 42.5 Å². The van der Waals surface area contributed by atoms with E-state index >= 15 is 0 Å². The molecule has 8 heteroatoms. The SMILES string of the molecule is COc1ccc(C(=O)O)cc1NC(=S)NC(=O)c1cccc(Cl)c1. The Bertz CT molecular complexity index is 810. The zero-order valence-electron chi connectivity index (χ0n) is 12.5. The summed E-state index contributed by atoms with van der Waals surface area (Å²) in [4.78, 5) is 23.2. The molecule has 24 heavy (non-hydrogen) atoms. The predicted octanol–water partition coefficient (Wildman–Crippen LogP) is 3.17. The zero-order chi connectivity index (χ0) is 17.7. The number of methoxy groups -OCH3 is 1. The first-order valence-electron chi connectivity index (χ1n) is 6.70. The van der Waals surface area contributed by atoms with Gasteiger partial charge in [0, 0.05) is 10.6 Å². The molecule has 0 aromatic heterocycles. The lowest BCUT2D eigenvalue weighted by molar-refractivity contribution is 0.0696. The number of carbonyl (C=O) groups excluding carboxylic acids is 1. The number of ether oxygens (including phenoxy) is 1. The molecule has 2 aromatic carbocycles. The van der Waals surface area contributed by atoms with Crippen molar-refractivity contribution < 1.29 is 19.4 Å². The number of rotatable bonds is 4. The molecule has 2 rings (SSSR count). The minimum absolute atomic E-state index is 0.000754. The van der Waals surface area contributed by atoms with E-state index in [0.29, 0.717) is 22.0 Å². The lowest BCUT2D eigenvalue weighted by Gasteiger charge is -2.13. The zero-order valence-corrected chi connectivity index (χ0v) is 14.1. The van der Waals surface area contributed by atoms with Crippen molar-refractivity contribution in [2.24, 2.45) is 0 Å². The van der Waals surface area contributed by atoms with E-state index in [9.17, 15) is 9.59 Å². The minimum atomic E-state index is -1.09. The summed E-state index contributed by atoms with van der Waals surface area (Å²) >= 11 is 10.9. The van der Waals surface area contributed by atoms with Crippen LogP contribution in [0.25, 0.3) is 0 Å². The first-order chi connectivity index (χ1) is 11.4. The highest BCUT2D eigenvalue weighted by Crippen LogP contribution is 2.25. The Labute approximate surface area is 148 Å². The number of amides is 1. The number of benzene rings is 2. The van der Waals surface area contributed by atoms with Crippen molar-refractivity contribution in [2.75, 3.05) is 12.4 Å². The lowest BCUT2D eigenvalue weighted by atomic mass is 10.2. The van der Waals surface area contributed by atoms with Crippen LogP contribution in [0.5, 0.6) is 5.75 Å². The van der Waals surface area contributed by atoms with Crippen molar-refractivity contribution in [3.8, 4) is 5.75 Å². The quantitative estimate of drug-likeness (QED) is 0.722. The number of carbonyl (C=O) groups is 2. The molecule has 0 bridgehead atoms. The average molecular weight is 365 g/mol. The molecule has 0 radical (unpaired) electrons. The van der Waals surface area contributed by atoms with E-state index in [0.717, 1.165) is 0 Å². The molecule has 0 unspecified atom stereocenters. The van der Waals surface area contributed by atoms with Crippen LogP contribution in [0.1, 0.15) is 20.7 Å². The smallest absolute Gasteiger partial charge is 0.335 e. The van der Waals surface area contributed by atoms with E-state index in [1.54, 1.807) is 18.2 Å². The van der Waals surface area contributed by atoms with Crippen LogP contribution < -0.4 is 15.4 Å². The summed E-state index contributed by atoms with van der Waals surface area (Å²) < 4.78 is 5.14. The number of nitrogens with one attached hydrogen (secondary N) is 2. The number of aromatic carboxylic acids is 1. The molecule has 0 atom stereocenters. The summed E-state index contributed by atoms with van der Waals surface area (Å²) in [6.07, 6.45) is 0. The lowest BCUT2D eigenvalue weighted by Crippen LogP contribution is -2.34. The molecule has 0 saturated heterocycles. The van der Waals surface area contributed by atoms with Crippen molar-refractivity contribution in [2.45, 2.75) is 0 Å². The third-order valence-electron chi connectivity index (χ3n) is 3.01. The number of halogens is 1. The second-order valence-electron chi connectivity index (χ2n) is 4.64. The van der Waals surface area contributed by atoms with Gasteiger partial charge in [0.1, 0.15) is 5.75 Å². The summed E-state index contributed by atoms with van der Waals surface area (Å²) in [6, 6.07) is 10.6. The van der Waals surface area contributed by atoms with E-state index in [2.05, 4.69) is 10.6 Å². The Morgan fingerprint density at radius 1 is 1.17 bits per heavy atom. The normalized spacial score (nSPS) is 9.92. The van der Waals surface area contributed by atoms with E-state index < -0.39 is 11.9 Å². The largest absolute Gasteiger partial charge is 0.495 e. The monoisotopic (exact) mass is 364 g/mol. The Balaban J connectivity index is 2.13. The van der Waals surface area contributed by atoms with Gasteiger partial charge < -0.3 is 15.2 Å². The van der Waals surface area contributed by atoms with Crippen molar-refractivity contribution >= 4 is 46.5 Å². The number of hydrogen-bond acceptors (Lipinski definition) is 4. The summed E-state index contributed by atoms with van der Waals surface area (Å²) in [6.45, 7) is 0. The van der Waals surface area contributed by atoms with Gasteiger partial charge >= 0.3 is 5.97 Å². The number of carboxylic acids is 1. The summed E-state index contributed by atoms with van der Waals surface area (Å²) in [5.74, 6) is -1.14. The molecular weight excluding hydrogens is 352 g/mol. The highest BCUT2D eigenvalue weighted by molar-refractivity contribution is 7.80. The summed E-state index contributed by atoms with van der Waals surface area (Å²) in [5, 5.41) is 14.7. The molecule has 0 fully saturated rings. The van der Waals surface area contributed by atoms with Gasteiger partial charge in [0.25, 0.3) is 5.91 Å². The second-order valence-corrected chi connectivity index (χ2v) is 5.48. The van der Waals surface area contributed by atoms with Gasteiger partial charge in [-0.15, -0.1) is 0 Å². The van der Waals surface area contributed by atoms with Crippen LogP contribution >= 0.6 is 23.8 Å². The molecular formula is C16H13ClN2O4S. The fourth-order valence-electron chi connectivity index (χ4n) is 1.90. The van der Waals surface area contributed by atoms with Gasteiger partial charge in [0.15, 0.2) is 5.11 Å². The van der Waals surface area contributed by atoms with Crippen LogP contribution in [-0.4, -0.2) is 29.2 Å². The summed E-state index contributed by atoms with van der Waals surface area (Å²) in [7, 11) is 1.44. The molecule has 2 aromatic rings. The van der Waals surface area contributed by atoms with Gasteiger partial charge in [-0.2, -0.15) is 0 Å². The van der Waals surface area contributed by atoms with Crippen LogP contribution in [-0.2, 0) is 0 Å². The molecule has 124 valence electrons. The topological polar surface area (TPSA) is 87.7 Å². The van der Waals surface area contributed by atoms with Gasteiger partial charge in [0.05, 0.1) is 18.4 Å². The van der Waals surface area contributed by atoms with Gasteiger partial charge in [-0.05, 0) is 48.6 Å². The van der Waals surface area contributed by atoms with Crippen molar-refractivity contribution in [1.82, 2.24) is 5.32 Å². The Kier molecular flexibility index (Phi) is 5.73. The minimum Gasteiger partial charge on any atom is -0.495 e. The maximum Gasteiger partial charge on any atom is 0.335 e. The van der Waals surface area contributed by atoms with Gasteiger partial charge in [-0.25, -0.2) is 4.79 Å². The highest BCUT2D eigenvalue weighted by Gasteiger charge is 2.12. The first-order valence-corrected chi connectivity index (χ1v) is 7.48. The maximum absolute atomic E-state index is 12.1. The van der Waals surface area contributed by atoms with Crippen LogP contribution in [0.2, 0.25) is 5.02 Å². The maximum atomic E-state index is 12.1. The molecule has 6 nitrogen and oxygen atoms in total. The Morgan fingerprint density at radius 3 is 2.54 bits per heavy atom. The van der Waals surface area contributed by atoms with E-state index in [1.807, 2.05) is 0 Å². The van der Waals surface area contributed by atoms with Gasteiger partial charge in [0.2, 0.25) is 0 Å². The van der Waals surface area contributed by atoms with Crippen molar-refractivity contribution in [1.29, 1.82) is 0 Å². The number of hydrogen-bond donors (Lipinski definition) is 3. The predicted molar refractivity (Wildman–Crippen MR) is 95.1 cm³/mol. The fourth-order valence-corrected chi connectivity index (χ4v) is 2.29. The van der Waals surface area contributed by atoms with E-state index in [4.69, 9.17) is 33.7 Å². The highest BCUT2D eigenvalue weighted by atomic mass is 35.5. The van der Waals surface area contributed by atoms with Crippen molar-refractivity contribution in [3.63, 3.8) is 0 Å². The molecule has 0 aliphatic carbocycles.